The van der Waals surface area contributed by atoms with Crippen LogP contribution in [0.1, 0.15) is 23.6 Å². The van der Waals surface area contributed by atoms with Gasteiger partial charge in [-0.2, -0.15) is 0 Å². The molecule has 160 valence electrons. The molecule has 1 aromatic heterocycles. The molecule has 2 heterocycles. The molecule has 3 N–H and O–H groups in total. The van der Waals surface area contributed by atoms with E-state index in [-0.39, 0.29) is 6.04 Å². The molecule has 4 rings (SSSR count). The first kappa shape index (κ1) is 20.5. The number of fused-ring (bicyclic) bond motifs is 1. The van der Waals surface area contributed by atoms with E-state index in [4.69, 9.17) is 19.9 Å². The van der Waals surface area contributed by atoms with E-state index < -0.39 is 0 Å². The second-order valence-corrected chi connectivity index (χ2v) is 7.09. The summed E-state index contributed by atoms with van der Waals surface area (Å²) < 4.78 is 16.9. The van der Waals surface area contributed by atoms with Gasteiger partial charge >= 0.3 is 0 Å². The topological polar surface area (TPSA) is 91.0 Å². The number of nitrogens with two attached hydrogens (primary N) is 1. The molecule has 0 saturated carbocycles. The van der Waals surface area contributed by atoms with Crippen LogP contribution in [0.4, 0.5) is 0 Å². The summed E-state index contributed by atoms with van der Waals surface area (Å²) in [5.74, 6) is 2.67. The summed E-state index contributed by atoms with van der Waals surface area (Å²) in [6, 6.07) is 21.5. The minimum Gasteiger partial charge on any atom is -0.493 e. The Morgan fingerprint density at radius 3 is 2.68 bits per heavy atom. The Kier molecular flexibility index (Phi) is 6.85. The number of para-hydroxylation sites is 2. The minimum atomic E-state index is 0.0979. The van der Waals surface area contributed by atoms with Gasteiger partial charge in [0.2, 0.25) is 5.88 Å². The largest absolute Gasteiger partial charge is 0.493 e. The maximum absolute atomic E-state index is 6.11. The van der Waals surface area contributed by atoms with Crippen LogP contribution in [0.3, 0.4) is 0 Å². The second-order valence-electron chi connectivity index (χ2n) is 7.09. The third kappa shape index (κ3) is 5.88. The third-order valence-electron chi connectivity index (χ3n) is 4.86. The normalized spacial score (nSPS) is 15.5. The highest BCUT2D eigenvalue weighted by Gasteiger charge is 2.21. The van der Waals surface area contributed by atoms with Crippen LogP contribution in [0.15, 0.2) is 77.9 Å². The Morgan fingerprint density at radius 2 is 1.84 bits per heavy atom. The van der Waals surface area contributed by atoms with Gasteiger partial charge in [0.15, 0.2) is 5.96 Å². The molecule has 7 heteroatoms. The molecular formula is C24H26N4O3. The van der Waals surface area contributed by atoms with Crippen LogP contribution in [0.5, 0.6) is 17.4 Å². The van der Waals surface area contributed by atoms with Crippen LogP contribution in [0.25, 0.3) is 0 Å². The first-order valence-corrected chi connectivity index (χ1v) is 10.3. The summed E-state index contributed by atoms with van der Waals surface area (Å²) in [6.45, 7) is 1.97. The quantitative estimate of drug-likeness (QED) is 0.331. The van der Waals surface area contributed by atoms with Crippen LogP contribution < -0.4 is 25.3 Å². The number of aromatic nitrogens is 1. The molecule has 0 amide bonds. The third-order valence-corrected chi connectivity index (χ3v) is 4.86. The lowest BCUT2D eigenvalue weighted by atomic mass is 10.0. The average Bonchev–Trinajstić information content (AvgIpc) is 2.82. The van der Waals surface area contributed by atoms with Crippen molar-refractivity contribution in [2.75, 3.05) is 19.8 Å². The maximum atomic E-state index is 6.11. The molecule has 2 aromatic carbocycles. The molecule has 0 fully saturated rings. The Labute approximate surface area is 181 Å². The van der Waals surface area contributed by atoms with Crippen molar-refractivity contribution in [2.45, 2.75) is 19.0 Å². The zero-order chi connectivity index (χ0) is 21.3. The molecule has 1 aliphatic heterocycles. The lowest BCUT2D eigenvalue weighted by molar-refractivity contribution is 0.212. The SMILES string of the molecule is NC(=NCc1ccc(OCCOc2ccccc2)nc1)NC1CCOc2ccccc21. The predicted molar refractivity (Wildman–Crippen MR) is 119 cm³/mol. The zero-order valence-electron chi connectivity index (χ0n) is 17.2. The number of nitrogens with zero attached hydrogens (tertiary/aromatic N) is 2. The van der Waals surface area contributed by atoms with Crippen molar-refractivity contribution in [3.8, 4) is 17.4 Å². The number of hydrogen-bond donors (Lipinski definition) is 2. The Morgan fingerprint density at radius 1 is 1.03 bits per heavy atom. The van der Waals surface area contributed by atoms with E-state index in [2.05, 4.69) is 15.3 Å². The van der Waals surface area contributed by atoms with Gasteiger partial charge in [0, 0.05) is 24.2 Å². The second kappa shape index (κ2) is 10.3. The van der Waals surface area contributed by atoms with Crippen molar-refractivity contribution < 1.29 is 14.2 Å². The Hall–Kier alpha value is -3.74. The van der Waals surface area contributed by atoms with Gasteiger partial charge in [-0.3, -0.25) is 0 Å². The Bertz CT molecular complexity index is 993. The van der Waals surface area contributed by atoms with Crippen molar-refractivity contribution in [3.63, 3.8) is 0 Å². The van der Waals surface area contributed by atoms with Gasteiger partial charge in [-0.05, 0) is 23.8 Å². The summed E-state index contributed by atoms with van der Waals surface area (Å²) in [7, 11) is 0. The van der Waals surface area contributed by atoms with E-state index in [1.165, 1.54) is 0 Å². The lowest BCUT2D eigenvalue weighted by Gasteiger charge is -2.26. The molecule has 0 saturated heterocycles. The van der Waals surface area contributed by atoms with Crippen LogP contribution in [-0.4, -0.2) is 30.8 Å². The number of ether oxygens (including phenoxy) is 3. The fraction of sp³-hybridized carbons (Fsp3) is 0.250. The number of pyridine rings is 1. The molecule has 0 aliphatic carbocycles. The van der Waals surface area contributed by atoms with Crippen LogP contribution >= 0.6 is 0 Å². The highest BCUT2D eigenvalue weighted by Crippen LogP contribution is 2.31. The zero-order valence-corrected chi connectivity index (χ0v) is 17.2. The number of guanidine groups is 1. The van der Waals surface area contributed by atoms with Crippen LogP contribution in [0, 0.1) is 0 Å². The van der Waals surface area contributed by atoms with E-state index in [0.29, 0.717) is 38.2 Å². The molecule has 0 spiro atoms. The lowest BCUT2D eigenvalue weighted by Crippen LogP contribution is -2.37. The molecule has 7 nitrogen and oxygen atoms in total. The minimum absolute atomic E-state index is 0.0979. The maximum Gasteiger partial charge on any atom is 0.213 e. The van der Waals surface area contributed by atoms with Gasteiger partial charge in [0.05, 0.1) is 19.2 Å². The summed E-state index contributed by atoms with van der Waals surface area (Å²) >= 11 is 0. The van der Waals surface area contributed by atoms with Crippen molar-refractivity contribution in [2.24, 2.45) is 10.7 Å². The van der Waals surface area contributed by atoms with Crippen molar-refractivity contribution >= 4 is 5.96 Å². The summed E-state index contributed by atoms with van der Waals surface area (Å²) in [5.41, 5.74) is 8.16. The molecule has 0 bridgehead atoms. The van der Waals surface area contributed by atoms with Gasteiger partial charge in [-0.15, -0.1) is 0 Å². The van der Waals surface area contributed by atoms with Crippen molar-refractivity contribution in [1.29, 1.82) is 0 Å². The number of aliphatic imine (C=N–C) groups is 1. The first-order valence-electron chi connectivity index (χ1n) is 10.3. The molecule has 31 heavy (non-hydrogen) atoms. The summed E-state index contributed by atoms with van der Waals surface area (Å²) in [6.07, 6.45) is 2.59. The Balaban J connectivity index is 1.23. The van der Waals surface area contributed by atoms with E-state index >= 15 is 0 Å². The molecule has 1 atom stereocenters. The molecule has 0 radical (unpaired) electrons. The first-order chi connectivity index (χ1) is 15.3. The average molecular weight is 418 g/mol. The molecule has 1 aliphatic rings. The molecule has 1 unspecified atom stereocenters. The number of rotatable bonds is 8. The van der Waals surface area contributed by atoms with E-state index in [9.17, 15) is 0 Å². The van der Waals surface area contributed by atoms with E-state index in [1.807, 2.05) is 66.7 Å². The summed E-state index contributed by atoms with van der Waals surface area (Å²) in [4.78, 5) is 8.76. The van der Waals surface area contributed by atoms with Gasteiger partial charge < -0.3 is 25.3 Å². The van der Waals surface area contributed by atoms with Crippen molar-refractivity contribution in [3.05, 3.63) is 84.1 Å². The van der Waals surface area contributed by atoms with E-state index in [0.717, 1.165) is 29.0 Å². The van der Waals surface area contributed by atoms with Crippen molar-refractivity contribution in [1.82, 2.24) is 10.3 Å². The van der Waals surface area contributed by atoms with E-state index in [1.54, 1.807) is 6.20 Å². The van der Waals surface area contributed by atoms with Crippen LogP contribution in [0.2, 0.25) is 0 Å². The fourth-order valence-corrected chi connectivity index (χ4v) is 3.30. The summed E-state index contributed by atoms with van der Waals surface area (Å²) in [5, 5.41) is 3.29. The fourth-order valence-electron chi connectivity index (χ4n) is 3.30. The standard InChI is InChI=1S/C24H26N4O3/c25-24(28-21-12-13-30-22-9-5-4-8-20(21)22)27-17-18-10-11-23(26-16-18)31-15-14-29-19-6-2-1-3-7-19/h1-11,16,21H,12-15,17H2,(H3,25,27,28). The number of hydrogen-bond acceptors (Lipinski definition) is 5. The van der Waals surface area contributed by atoms with Gasteiger partial charge in [-0.25, -0.2) is 9.98 Å². The smallest absolute Gasteiger partial charge is 0.213 e. The van der Waals surface area contributed by atoms with Gasteiger partial charge in [-0.1, -0.05) is 42.5 Å². The monoisotopic (exact) mass is 418 g/mol. The highest BCUT2D eigenvalue weighted by atomic mass is 16.5. The molecular weight excluding hydrogens is 392 g/mol. The van der Waals surface area contributed by atoms with Gasteiger partial charge in [0.1, 0.15) is 24.7 Å². The van der Waals surface area contributed by atoms with Gasteiger partial charge in [0.25, 0.3) is 0 Å². The number of benzene rings is 2. The molecule has 3 aromatic rings. The highest BCUT2D eigenvalue weighted by molar-refractivity contribution is 5.78. The van der Waals surface area contributed by atoms with Crippen LogP contribution in [-0.2, 0) is 6.54 Å². The predicted octanol–water partition coefficient (Wildman–Crippen LogP) is 3.47. The number of nitrogens with one attached hydrogen (secondary N) is 1.